The lowest BCUT2D eigenvalue weighted by atomic mass is 10.1. The van der Waals surface area contributed by atoms with Crippen molar-refractivity contribution < 1.29 is 18.7 Å². The molecule has 1 fully saturated rings. The summed E-state index contributed by atoms with van der Waals surface area (Å²) in [5, 5.41) is 0. The summed E-state index contributed by atoms with van der Waals surface area (Å²) >= 11 is 0. The smallest absolute Gasteiger partial charge is 0.304 e. The van der Waals surface area contributed by atoms with Crippen molar-refractivity contribution in [1.82, 2.24) is 9.55 Å². The highest BCUT2D eigenvalue weighted by molar-refractivity contribution is 5.93. The molecular formula is C21H25N3O4. The molecule has 0 N–H and O–H groups in total. The lowest BCUT2D eigenvalue weighted by molar-refractivity contribution is 0.0893. The molecule has 148 valence electrons. The number of carbonyl (C=O) groups excluding carboxylic acids is 1. The minimum Gasteiger partial charge on any atom is -0.469 e. The summed E-state index contributed by atoms with van der Waals surface area (Å²) in [6.45, 7) is 3.12. The van der Waals surface area contributed by atoms with E-state index in [1.165, 1.54) is 0 Å². The van der Waals surface area contributed by atoms with Gasteiger partial charge in [-0.2, -0.15) is 4.98 Å². The van der Waals surface area contributed by atoms with E-state index >= 15 is 0 Å². The van der Waals surface area contributed by atoms with Gasteiger partial charge in [-0.25, -0.2) is 4.57 Å². The van der Waals surface area contributed by atoms with E-state index in [0.29, 0.717) is 12.4 Å². The van der Waals surface area contributed by atoms with Gasteiger partial charge in [0.25, 0.3) is 0 Å². The quantitative estimate of drug-likeness (QED) is 0.582. The van der Waals surface area contributed by atoms with Gasteiger partial charge in [0.1, 0.15) is 5.76 Å². The number of nitrogens with zero attached hydrogens (tertiary/aromatic N) is 3. The first-order chi connectivity index (χ1) is 13.8. The third-order valence-corrected chi connectivity index (χ3v) is 5.06. The molecule has 0 aliphatic carbocycles. The molecule has 0 atom stereocenters. The minimum absolute atomic E-state index is 0.00192. The molecule has 0 saturated carbocycles. The highest BCUT2D eigenvalue weighted by Crippen LogP contribution is 2.27. The van der Waals surface area contributed by atoms with Crippen molar-refractivity contribution in [2.45, 2.75) is 25.7 Å². The van der Waals surface area contributed by atoms with Crippen molar-refractivity contribution >= 4 is 22.6 Å². The summed E-state index contributed by atoms with van der Waals surface area (Å²) in [6, 6.07) is 10.2. The van der Waals surface area contributed by atoms with Gasteiger partial charge in [-0.15, -0.1) is 0 Å². The monoisotopic (exact) mass is 383 g/mol. The number of hydrogen-bond acceptors (Lipinski definition) is 6. The van der Waals surface area contributed by atoms with E-state index in [9.17, 15) is 4.79 Å². The van der Waals surface area contributed by atoms with Crippen LogP contribution in [0.2, 0.25) is 0 Å². The van der Waals surface area contributed by atoms with Crippen molar-refractivity contribution in [1.29, 1.82) is 0 Å². The van der Waals surface area contributed by atoms with Crippen LogP contribution >= 0.6 is 0 Å². The van der Waals surface area contributed by atoms with Gasteiger partial charge in [-0.1, -0.05) is 0 Å². The minimum atomic E-state index is -0.00192. The lowest BCUT2D eigenvalue weighted by Gasteiger charge is -2.28. The summed E-state index contributed by atoms with van der Waals surface area (Å²) in [5.41, 5.74) is 2.62. The van der Waals surface area contributed by atoms with Gasteiger partial charge in [0, 0.05) is 31.6 Å². The van der Waals surface area contributed by atoms with Gasteiger partial charge in [-0.05, 0) is 43.2 Å². The van der Waals surface area contributed by atoms with Crippen LogP contribution < -0.4 is 9.64 Å². The zero-order valence-electron chi connectivity index (χ0n) is 16.1. The second-order valence-electron chi connectivity index (χ2n) is 6.89. The fourth-order valence-electron chi connectivity index (χ4n) is 3.58. The van der Waals surface area contributed by atoms with Crippen LogP contribution in [0.1, 0.15) is 29.8 Å². The number of aryl methyl sites for hydroxylation is 1. The van der Waals surface area contributed by atoms with Gasteiger partial charge in [0.05, 0.1) is 37.6 Å². The molecule has 0 bridgehead atoms. The van der Waals surface area contributed by atoms with Crippen molar-refractivity contribution in [2.24, 2.45) is 0 Å². The normalized spacial score (nSPS) is 14.5. The number of aromatic nitrogens is 2. The van der Waals surface area contributed by atoms with Crippen LogP contribution in [0.4, 0.5) is 5.69 Å². The zero-order valence-corrected chi connectivity index (χ0v) is 16.1. The van der Waals surface area contributed by atoms with Gasteiger partial charge in [0.2, 0.25) is 5.91 Å². The van der Waals surface area contributed by atoms with Crippen molar-refractivity contribution in [3.63, 3.8) is 0 Å². The Balaban J connectivity index is 1.51. The molecule has 7 heteroatoms. The molecule has 0 amide bonds. The maximum absolute atomic E-state index is 12.9. The van der Waals surface area contributed by atoms with Crippen LogP contribution in [0.15, 0.2) is 41.0 Å². The molecule has 1 aliphatic heterocycles. The van der Waals surface area contributed by atoms with Crippen molar-refractivity contribution in [3.05, 3.63) is 42.4 Å². The topological polar surface area (TPSA) is 69.7 Å². The summed E-state index contributed by atoms with van der Waals surface area (Å²) < 4.78 is 17.8. The summed E-state index contributed by atoms with van der Waals surface area (Å²) in [6.07, 6.45) is 4.63. The van der Waals surface area contributed by atoms with Crippen LogP contribution in [-0.2, 0) is 11.2 Å². The summed E-state index contributed by atoms with van der Waals surface area (Å²) in [4.78, 5) is 19.7. The Kier molecular flexibility index (Phi) is 5.62. The first-order valence-electron chi connectivity index (χ1n) is 9.71. The predicted molar refractivity (Wildman–Crippen MR) is 106 cm³/mol. The fraction of sp³-hybridized carbons (Fsp3) is 0.429. The highest BCUT2D eigenvalue weighted by atomic mass is 16.5. The number of ether oxygens (including phenoxy) is 2. The molecule has 0 spiro atoms. The Labute approximate surface area is 163 Å². The predicted octanol–water partition coefficient (Wildman–Crippen LogP) is 3.53. The largest absolute Gasteiger partial charge is 0.469 e. The number of imidazole rings is 1. The molecule has 1 aliphatic rings. The molecule has 3 aromatic rings. The molecule has 28 heavy (non-hydrogen) atoms. The van der Waals surface area contributed by atoms with Gasteiger partial charge >= 0.3 is 6.01 Å². The maximum atomic E-state index is 12.9. The number of fused-ring (bicyclic) bond motifs is 1. The fourth-order valence-corrected chi connectivity index (χ4v) is 3.58. The standard InChI is InChI=1S/C21H25N3O4/c1-26-21-22-18-9-8-16(23-10-13-27-14-11-23)15-19(18)24(21)20(25)7-3-2-5-17-6-4-12-28-17/h4,6,8-9,12,15H,2-3,5,7,10-11,13-14H2,1H3. The average Bonchev–Trinajstić information content (AvgIpc) is 3.38. The van der Waals surface area contributed by atoms with Gasteiger partial charge in [0.15, 0.2) is 0 Å². The van der Waals surface area contributed by atoms with Crippen LogP contribution in [0.25, 0.3) is 11.0 Å². The first-order valence-corrected chi connectivity index (χ1v) is 9.71. The Hall–Kier alpha value is -2.80. The molecule has 0 unspecified atom stereocenters. The summed E-state index contributed by atoms with van der Waals surface area (Å²) in [5.74, 6) is 0.950. The molecule has 1 saturated heterocycles. The van der Waals surface area contributed by atoms with Gasteiger partial charge < -0.3 is 18.8 Å². The molecule has 0 radical (unpaired) electrons. The Morgan fingerprint density at radius 2 is 2.07 bits per heavy atom. The zero-order chi connectivity index (χ0) is 19.3. The van der Waals surface area contributed by atoms with E-state index in [2.05, 4.69) is 9.88 Å². The molecular weight excluding hydrogens is 358 g/mol. The third-order valence-electron chi connectivity index (χ3n) is 5.06. The Morgan fingerprint density at radius 3 is 2.82 bits per heavy atom. The number of hydrogen-bond donors (Lipinski definition) is 0. The van der Waals surface area contributed by atoms with E-state index in [4.69, 9.17) is 13.9 Å². The highest BCUT2D eigenvalue weighted by Gasteiger charge is 2.19. The number of methoxy groups -OCH3 is 1. The third kappa shape index (κ3) is 3.89. The second-order valence-corrected chi connectivity index (χ2v) is 6.89. The average molecular weight is 383 g/mol. The van der Waals surface area contributed by atoms with E-state index in [1.54, 1.807) is 17.9 Å². The molecule has 4 rings (SSSR count). The van der Waals surface area contributed by atoms with Gasteiger partial charge in [-0.3, -0.25) is 4.79 Å². The van der Waals surface area contributed by atoms with Crippen LogP contribution in [0, 0.1) is 0 Å². The van der Waals surface area contributed by atoms with E-state index < -0.39 is 0 Å². The molecule has 1 aromatic carbocycles. The van der Waals surface area contributed by atoms with E-state index in [1.807, 2.05) is 30.3 Å². The van der Waals surface area contributed by atoms with Crippen LogP contribution in [-0.4, -0.2) is 48.9 Å². The van der Waals surface area contributed by atoms with E-state index in [-0.39, 0.29) is 5.91 Å². The number of furan rings is 1. The maximum Gasteiger partial charge on any atom is 0.304 e. The van der Waals surface area contributed by atoms with Crippen molar-refractivity contribution in [3.8, 4) is 6.01 Å². The number of anilines is 1. The molecule has 7 nitrogen and oxygen atoms in total. The SMILES string of the molecule is COc1nc2ccc(N3CCOCC3)cc2n1C(=O)CCCCc1ccco1. The number of benzene rings is 1. The lowest BCUT2D eigenvalue weighted by Crippen LogP contribution is -2.36. The second kappa shape index (κ2) is 8.48. The number of carbonyl (C=O) groups is 1. The molecule has 2 aromatic heterocycles. The van der Waals surface area contributed by atoms with Crippen LogP contribution in [0.3, 0.4) is 0 Å². The van der Waals surface area contributed by atoms with Crippen LogP contribution in [0.5, 0.6) is 6.01 Å². The molecule has 3 heterocycles. The number of morpholine rings is 1. The van der Waals surface area contributed by atoms with E-state index in [0.717, 1.165) is 68.0 Å². The Bertz CT molecular complexity index is 927. The summed E-state index contributed by atoms with van der Waals surface area (Å²) in [7, 11) is 1.55. The van der Waals surface area contributed by atoms with Crippen molar-refractivity contribution in [2.75, 3.05) is 38.3 Å². The number of unbranched alkanes of at least 4 members (excludes halogenated alkanes) is 1. The number of rotatable bonds is 7. The Morgan fingerprint density at radius 1 is 1.21 bits per heavy atom. The first kappa shape index (κ1) is 18.6.